The second-order valence-electron chi connectivity index (χ2n) is 4.10. The van der Waals surface area contributed by atoms with Crippen LogP contribution in [0, 0.1) is 0 Å². The Morgan fingerprint density at radius 1 is 1.26 bits per heavy atom. The maximum absolute atomic E-state index is 11.6. The molecule has 2 rings (SSSR count). The number of rotatable bonds is 6. The largest absolute Gasteiger partial charge is 0.387 e. The molecule has 0 saturated heterocycles. The normalized spacial score (nSPS) is 11.8. The number of amides is 1. The molecule has 0 spiro atoms. The summed E-state index contributed by atoms with van der Waals surface area (Å²) in [5.41, 5.74) is 1.73. The fourth-order valence-electron chi connectivity index (χ4n) is 1.59. The van der Waals surface area contributed by atoms with Gasteiger partial charge in [0.15, 0.2) is 0 Å². The predicted octanol–water partition coefficient (Wildman–Crippen LogP) is 2.01. The van der Waals surface area contributed by atoms with E-state index in [0.717, 1.165) is 11.3 Å². The number of nitrogens with one attached hydrogen (secondary N) is 2. The Kier molecular flexibility index (Phi) is 4.94. The Bertz CT molecular complexity index is 499. The zero-order chi connectivity index (χ0) is 13.5. The number of para-hydroxylation sites is 1. The van der Waals surface area contributed by atoms with Gasteiger partial charge in [0.05, 0.1) is 12.6 Å². The standard InChI is InChI=1S/C14H16N2O2S/c17-13(11-6-7-19-10-11)8-16-14(18)9-15-12-4-2-1-3-5-12/h1-7,10,13,15,17H,8-9H2,(H,16,18). The first kappa shape index (κ1) is 13.6. The van der Waals surface area contributed by atoms with Crippen LogP contribution in [0.3, 0.4) is 0 Å². The molecule has 1 amide bonds. The van der Waals surface area contributed by atoms with Crippen molar-refractivity contribution >= 4 is 22.9 Å². The van der Waals surface area contributed by atoms with Gasteiger partial charge in [0.25, 0.3) is 0 Å². The minimum atomic E-state index is -0.646. The van der Waals surface area contributed by atoms with E-state index in [2.05, 4.69) is 10.6 Å². The van der Waals surface area contributed by atoms with Crippen LogP contribution in [0.4, 0.5) is 5.69 Å². The summed E-state index contributed by atoms with van der Waals surface area (Å²) < 4.78 is 0. The molecule has 1 unspecified atom stereocenters. The molecular formula is C14H16N2O2S. The molecule has 1 heterocycles. The monoisotopic (exact) mass is 276 g/mol. The number of carbonyl (C=O) groups excluding carboxylic acids is 1. The minimum absolute atomic E-state index is 0.141. The summed E-state index contributed by atoms with van der Waals surface area (Å²) in [5.74, 6) is -0.141. The fourth-order valence-corrected chi connectivity index (χ4v) is 2.30. The SMILES string of the molecule is O=C(CNc1ccccc1)NCC(O)c1ccsc1. The second kappa shape index (κ2) is 6.92. The number of benzene rings is 1. The Labute approximate surface area is 116 Å². The summed E-state index contributed by atoms with van der Waals surface area (Å²) in [4.78, 5) is 11.6. The lowest BCUT2D eigenvalue weighted by molar-refractivity contribution is -0.119. The van der Waals surface area contributed by atoms with Gasteiger partial charge in [-0.2, -0.15) is 11.3 Å². The molecule has 0 radical (unpaired) electrons. The highest BCUT2D eigenvalue weighted by molar-refractivity contribution is 7.07. The number of hydrogen-bond acceptors (Lipinski definition) is 4. The lowest BCUT2D eigenvalue weighted by Gasteiger charge is -2.11. The third kappa shape index (κ3) is 4.39. The Balaban J connectivity index is 1.70. The molecule has 5 heteroatoms. The Morgan fingerprint density at radius 2 is 2.05 bits per heavy atom. The molecule has 4 nitrogen and oxygen atoms in total. The van der Waals surface area contributed by atoms with Crippen LogP contribution in [0.5, 0.6) is 0 Å². The van der Waals surface area contributed by atoms with Gasteiger partial charge in [-0.3, -0.25) is 4.79 Å². The second-order valence-corrected chi connectivity index (χ2v) is 4.88. The Hall–Kier alpha value is -1.85. The highest BCUT2D eigenvalue weighted by atomic mass is 32.1. The summed E-state index contributed by atoms with van der Waals surface area (Å²) >= 11 is 1.52. The maximum atomic E-state index is 11.6. The van der Waals surface area contributed by atoms with Crippen molar-refractivity contribution in [3.8, 4) is 0 Å². The van der Waals surface area contributed by atoms with Gasteiger partial charge in [0.1, 0.15) is 0 Å². The van der Waals surface area contributed by atoms with E-state index in [1.165, 1.54) is 11.3 Å². The zero-order valence-electron chi connectivity index (χ0n) is 10.4. The molecule has 0 bridgehead atoms. The summed E-state index contributed by atoms with van der Waals surface area (Å²) in [6, 6.07) is 11.4. The number of aliphatic hydroxyl groups is 1. The molecule has 1 aromatic carbocycles. The third-order valence-corrected chi connectivity index (χ3v) is 3.35. The van der Waals surface area contributed by atoms with Crippen LogP contribution < -0.4 is 10.6 Å². The lowest BCUT2D eigenvalue weighted by atomic mass is 10.2. The van der Waals surface area contributed by atoms with Gasteiger partial charge in [-0.05, 0) is 34.5 Å². The quantitative estimate of drug-likeness (QED) is 0.756. The molecule has 3 N–H and O–H groups in total. The summed E-state index contributed by atoms with van der Waals surface area (Å²) in [6.07, 6.45) is -0.646. The minimum Gasteiger partial charge on any atom is -0.387 e. The molecule has 0 saturated carbocycles. The van der Waals surface area contributed by atoms with Crippen LogP contribution >= 0.6 is 11.3 Å². The molecule has 1 atom stereocenters. The average molecular weight is 276 g/mol. The first-order valence-electron chi connectivity index (χ1n) is 6.01. The summed E-state index contributed by atoms with van der Waals surface area (Å²) in [6.45, 7) is 0.423. The zero-order valence-corrected chi connectivity index (χ0v) is 11.2. The molecular weight excluding hydrogens is 260 g/mol. The molecule has 0 aliphatic heterocycles. The van der Waals surface area contributed by atoms with Gasteiger partial charge in [0.2, 0.25) is 5.91 Å². The molecule has 0 fully saturated rings. The van der Waals surface area contributed by atoms with E-state index in [9.17, 15) is 9.90 Å². The topological polar surface area (TPSA) is 61.4 Å². The highest BCUT2D eigenvalue weighted by Crippen LogP contribution is 2.14. The predicted molar refractivity (Wildman–Crippen MR) is 77.2 cm³/mol. The van der Waals surface area contributed by atoms with E-state index in [1.54, 1.807) is 0 Å². The van der Waals surface area contributed by atoms with Crippen molar-refractivity contribution in [1.29, 1.82) is 0 Å². The van der Waals surface area contributed by atoms with Gasteiger partial charge < -0.3 is 15.7 Å². The van der Waals surface area contributed by atoms with Crippen LogP contribution in [-0.4, -0.2) is 24.1 Å². The van der Waals surface area contributed by atoms with Gasteiger partial charge in [-0.15, -0.1) is 0 Å². The van der Waals surface area contributed by atoms with E-state index in [-0.39, 0.29) is 19.0 Å². The molecule has 100 valence electrons. The number of aliphatic hydroxyl groups excluding tert-OH is 1. The van der Waals surface area contributed by atoms with Crippen molar-refractivity contribution in [3.05, 3.63) is 52.7 Å². The number of thiophene rings is 1. The van der Waals surface area contributed by atoms with E-state index in [0.29, 0.717) is 0 Å². The lowest BCUT2D eigenvalue weighted by Crippen LogP contribution is -2.33. The van der Waals surface area contributed by atoms with Crippen LogP contribution in [0.1, 0.15) is 11.7 Å². The van der Waals surface area contributed by atoms with Crippen LogP contribution in [0.25, 0.3) is 0 Å². The first-order chi connectivity index (χ1) is 9.25. The Morgan fingerprint density at radius 3 is 2.74 bits per heavy atom. The molecule has 1 aromatic heterocycles. The van der Waals surface area contributed by atoms with Crippen molar-refractivity contribution in [1.82, 2.24) is 5.32 Å². The molecule has 2 aromatic rings. The number of carbonyl (C=O) groups is 1. The van der Waals surface area contributed by atoms with Crippen molar-refractivity contribution in [2.75, 3.05) is 18.4 Å². The fraction of sp³-hybridized carbons (Fsp3) is 0.214. The van der Waals surface area contributed by atoms with E-state index in [4.69, 9.17) is 0 Å². The highest BCUT2D eigenvalue weighted by Gasteiger charge is 2.09. The van der Waals surface area contributed by atoms with Gasteiger partial charge >= 0.3 is 0 Å². The third-order valence-electron chi connectivity index (χ3n) is 2.65. The van der Waals surface area contributed by atoms with Gasteiger partial charge in [-0.1, -0.05) is 18.2 Å². The van der Waals surface area contributed by atoms with Crippen molar-refractivity contribution in [2.24, 2.45) is 0 Å². The van der Waals surface area contributed by atoms with Crippen molar-refractivity contribution < 1.29 is 9.90 Å². The van der Waals surface area contributed by atoms with Crippen LogP contribution in [0.15, 0.2) is 47.2 Å². The van der Waals surface area contributed by atoms with Gasteiger partial charge in [0, 0.05) is 12.2 Å². The van der Waals surface area contributed by atoms with E-state index < -0.39 is 6.10 Å². The maximum Gasteiger partial charge on any atom is 0.239 e. The number of hydrogen-bond donors (Lipinski definition) is 3. The average Bonchev–Trinajstić information content (AvgIpc) is 2.98. The van der Waals surface area contributed by atoms with Crippen molar-refractivity contribution in [2.45, 2.75) is 6.10 Å². The van der Waals surface area contributed by atoms with Crippen LogP contribution in [0.2, 0.25) is 0 Å². The molecule has 19 heavy (non-hydrogen) atoms. The van der Waals surface area contributed by atoms with Crippen LogP contribution in [-0.2, 0) is 4.79 Å². The first-order valence-corrected chi connectivity index (χ1v) is 6.96. The van der Waals surface area contributed by atoms with Gasteiger partial charge in [-0.25, -0.2) is 0 Å². The smallest absolute Gasteiger partial charge is 0.239 e. The van der Waals surface area contributed by atoms with E-state index >= 15 is 0 Å². The van der Waals surface area contributed by atoms with Crippen molar-refractivity contribution in [3.63, 3.8) is 0 Å². The van der Waals surface area contributed by atoms with E-state index in [1.807, 2.05) is 47.2 Å². The molecule has 0 aliphatic rings. The summed E-state index contributed by atoms with van der Waals surface area (Å²) in [7, 11) is 0. The summed E-state index contributed by atoms with van der Waals surface area (Å²) in [5, 5.41) is 19.3. The number of anilines is 1. The molecule has 0 aliphatic carbocycles.